The molecule has 1 heterocycles. The van der Waals surface area contributed by atoms with E-state index in [2.05, 4.69) is 5.32 Å². The first-order valence-electron chi connectivity index (χ1n) is 6.86. The van der Waals surface area contributed by atoms with Gasteiger partial charge in [0.2, 0.25) is 5.91 Å². The van der Waals surface area contributed by atoms with Crippen LogP contribution in [-0.2, 0) is 11.3 Å². The van der Waals surface area contributed by atoms with Crippen LogP contribution in [0.5, 0.6) is 0 Å². The number of benzene rings is 1. The summed E-state index contributed by atoms with van der Waals surface area (Å²) < 4.78 is 0. The minimum atomic E-state index is 0.00815. The Balaban J connectivity index is 2.00. The highest BCUT2D eigenvalue weighted by Gasteiger charge is 2.31. The molecule has 0 spiro atoms. The van der Waals surface area contributed by atoms with E-state index in [1.807, 2.05) is 37.3 Å². The zero-order valence-electron chi connectivity index (χ0n) is 11.4. The van der Waals surface area contributed by atoms with E-state index < -0.39 is 0 Å². The largest absolute Gasteiger partial charge is 0.395 e. The average Bonchev–Trinajstić information content (AvgIpc) is 2.36. The first kappa shape index (κ1) is 14.0. The summed E-state index contributed by atoms with van der Waals surface area (Å²) in [4.78, 5) is 14.2. The Hall–Kier alpha value is -1.39. The van der Waals surface area contributed by atoms with Crippen molar-refractivity contribution in [2.45, 2.75) is 13.5 Å². The summed E-state index contributed by atoms with van der Waals surface area (Å²) in [6, 6.07) is 9.91. The van der Waals surface area contributed by atoms with E-state index in [0.717, 1.165) is 18.7 Å². The fourth-order valence-electron chi connectivity index (χ4n) is 2.35. The molecule has 0 bridgehead atoms. The highest BCUT2D eigenvalue weighted by atomic mass is 16.3. The lowest BCUT2D eigenvalue weighted by Gasteiger charge is -2.35. The van der Waals surface area contributed by atoms with Crippen molar-refractivity contribution in [1.82, 2.24) is 10.2 Å². The van der Waals surface area contributed by atoms with Crippen LogP contribution in [0.4, 0.5) is 0 Å². The van der Waals surface area contributed by atoms with Crippen LogP contribution >= 0.6 is 0 Å². The van der Waals surface area contributed by atoms with Crippen LogP contribution in [0, 0.1) is 11.8 Å². The number of hydrogen-bond donors (Lipinski definition) is 2. The quantitative estimate of drug-likeness (QED) is 0.799. The Morgan fingerprint density at radius 1 is 1.42 bits per heavy atom. The number of hydrogen-bond acceptors (Lipinski definition) is 3. The van der Waals surface area contributed by atoms with Gasteiger partial charge < -0.3 is 15.3 Å². The van der Waals surface area contributed by atoms with Gasteiger partial charge in [-0.15, -0.1) is 0 Å². The minimum Gasteiger partial charge on any atom is -0.395 e. The third-order valence-electron chi connectivity index (χ3n) is 3.81. The average molecular weight is 262 g/mol. The van der Waals surface area contributed by atoms with Gasteiger partial charge in [-0.1, -0.05) is 37.3 Å². The SMILES string of the molecule is CC(C(=O)N(CCO)Cc1ccccc1)C1CNC1. The monoisotopic (exact) mass is 262 g/mol. The molecule has 0 radical (unpaired) electrons. The van der Waals surface area contributed by atoms with E-state index in [0.29, 0.717) is 19.0 Å². The molecule has 2 N–H and O–H groups in total. The number of carbonyl (C=O) groups is 1. The van der Waals surface area contributed by atoms with Crippen molar-refractivity contribution in [3.63, 3.8) is 0 Å². The van der Waals surface area contributed by atoms with Crippen LogP contribution < -0.4 is 5.32 Å². The molecule has 1 aliphatic rings. The highest BCUT2D eigenvalue weighted by molar-refractivity contribution is 5.79. The fourth-order valence-corrected chi connectivity index (χ4v) is 2.35. The van der Waals surface area contributed by atoms with E-state index in [-0.39, 0.29) is 18.4 Å². The molecule has 1 aromatic carbocycles. The molecule has 1 unspecified atom stereocenters. The van der Waals surface area contributed by atoms with Crippen molar-refractivity contribution in [3.8, 4) is 0 Å². The highest BCUT2D eigenvalue weighted by Crippen LogP contribution is 2.19. The third-order valence-corrected chi connectivity index (χ3v) is 3.81. The maximum absolute atomic E-state index is 12.5. The molecule has 1 saturated heterocycles. The molecule has 4 heteroatoms. The fraction of sp³-hybridized carbons (Fsp3) is 0.533. The topological polar surface area (TPSA) is 52.6 Å². The predicted molar refractivity (Wildman–Crippen MR) is 74.5 cm³/mol. The number of aliphatic hydroxyl groups is 1. The Labute approximate surface area is 114 Å². The van der Waals surface area contributed by atoms with Crippen molar-refractivity contribution in [3.05, 3.63) is 35.9 Å². The summed E-state index contributed by atoms with van der Waals surface area (Å²) in [5.74, 6) is 0.602. The van der Waals surface area contributed by atoms with Crippen LogP contribution in [-0.4, -0.2) is 42.2 Å². The molecule has 19 heavy (non-hydrogen) atoms. The second-order valence-electron chi connectivity index (χ2n) is 5.18. The zero-order chi connectivity index (χ0) is 13.7. The Morgan fingerprint density at radius 3 is 2.63 bits per heavy atom. The molecule has 4 nitrogen and oxygen atoms in total. The van der Waals surface area contributed by atoms with E-state index in [9.17, 15) is 4.79 Å². The van der Waals surface area contributed by atoms with E-state index in [1.54, 1.807) is 4.90 Å². The van der Waals surface area contributed by atoms with Gasteiger partial charge in [-0.3, -0.25) is 4.79 Å². The Kier molecular flexibility index (Phi) is 4.93. The molecule has 0 aromatic heterocycles. The van der Waals surface area contributed by atoms with Crippen LogP contribution in [0.25, 0.3) is 0 Å². The van der Waals surface area contributed by atoms with Crippen molar-refractivity contribution in [2.75, 3.05) is 26.2 Å². The van der Waals surface area contributed by atoms with E-state index >= 15 is 0 Å². The van der Waals surface area contributed by atoms with Gasteiger partial charge in [0.1, 0.15) is 0 Å². The Bertz CT molecular complexity index is 404. The molecule has 2 rings (SSSR count). The van der Waals surface area contributed by atoms with Gasteiger partial charge in [0.05, 0.1) is 6.61 Å². The van der Waals surface area contributed by atoms with Gasteiger partial charge in [-0.25, -0.2) is 0 Å². The molecule has 1 amide bonds. The number of aliphatic hydroxyl groups excluding tert-OH is 1. The van der Waals surface area contributed by atoms with E-state index in [4.69, 9.17) is 5.11 Å². The van der Waals surface area contributed by atoms with Crippen LogP contribution in [0.3, 0.4) is 0 Å². The first-order chi connectivity index (χ1) is 9.22. The maximum atomic E-state index is 12.5. The van der Waals surface area contributed by atoms with Gasteiger partial charge in [-0.2, -0.15) is 0 Å². The zero-order valence-corrected chi connectivity index (χ0v) is 11.4. The van der Waals surface area contributed by atoms with Gasteiger partial charge in [0, 0.05) is 19.0 Å². The molecule has 0 saturated carbocycles. The molecule has 1 atom stereocenters. The number of carbonyl (C=O) groups excluding carboxylic acids is 1. The van der Waals surface area contributed by atoms with Crippen LogP contribution in [0.1, 0.15) is 12.5 Å². The molecule has 104 valence electrons. The van der Waals surface area contributed by atoms with Gasteiger partial charge >= 0.3 is 0 Å². The minimum absolute atomic E-state index is 0.00815. The maximum Gasteiger partial charge on any atom is 0.226 e. The normalized spacial score (nSPS) is 16.7. The summed E-state index contributed by atoms with van der Waals surface area (Å²) in [6.45, 7) is 4.82. The van der Waals surface area contributed by atoms with Gasteiger partial charge in [-0.05, 0) is 24.6 Å². The smallest absolute Gasteiger partial charge is 0.226 e. The molecule has 1 aromatic rings. The van der Waals surface area contributed by atoms with Crippen LogP contribution in [0.15, 0.2) is 30.3 Å². The van der Waals surface area contributed by atoms with E-state index in [1.165, 1.54) is 0 Å². The number of nitrogens with one attached hydrogen (secondary N) is 1. The third kappa shape index (κ3) is 3.55. The summed E-state index contributed by atoms with van der Waals surface area (Å²) in [5, 5.41) is 12.3. The molecule has 0 aliphatic carbocycles. The summed E-state index contributed by atoms with van der Waals surface area (Å²) in [5.41, 5.74) is 1.10. The second-order valence-corrected chi connectivity index (χ2v) is 5.18. The standard InChI is InChI=1S/C15H22N2O2/c1-12(14-9-16-10-14)15(19)17(7-8-18)11-13-5-3-2-4-6-13/h2-6,12,14,16,18H,7-11H2,1H3. The predicted octanol–water partition coefficient (Wildman–Crippen LogP) is 0.863. The molecular formula is C15H22N2O2. The molecule has 1 aliphatic heterocycles. The lowest BCUT2D eigenvalue weighted by atomic mass is 9.88. The van der Waals surface area contributed by atoms with Gasteiger partial charge in [0.25, 0.3) is 0 Å². The van der Waals surface area contributed by atoms with Crippen molar-refractivity contribution in [1.29, 1.82) is 0 Å². The van der Waals surface area contributed by atoms with Crippen molar-refractivity contribution < 1.29 is 9.90 Å². The lowest BCUT2D eigenvalue weighted by Crippen LogP contribution is -2.50. The second kappa shape index (κ2) is 6.68. The summed E-state index contributed by atoms with van der Waals surface area (Å²) in [6.07, 6.45) is 0. The lowest BCUT2D eigenvalue weighted by molar-refractivity contribution is -0.138. The summed E-state index contributed by atoms with van der Waals surface area (Å²) >= 11 is 0. The van der Waals surface area contributed by atoms with Crippen molar-refractivity contribution >= 4 is 5.91 Å². The summed E-state index contributed by atoms with van der Waals surface area (Å²) in [7, 11) is 0. The number of amides is 1. The first-order valence-corrected chi connectivity index (χ1v) is 6.86. The number of rotatable bonds is 6. The number of nitrogens with zero attached hydrogens (tertiary/aromatic N) is 1. The van der Waals surface area contributed by atoms with Crippen LogP contribution in [0.2, 0.25) is 0 Å². The molecule has 1 fully saturated rings. The Morgan fingerprint density at radius 2 is 2.11 bits per heavy atom. The molecular weight excluding hydrogens is 240 g/mol. The van der Waals surface area contributed by atoms with Gasteiger partial charge in [0.15, 0.2) is 0 Å². The van der Waals surface area contributed by atoms with Crippen molar-refractivity contribution in [2.24, 2.45) is 11.8 Å².